The van der Waals surface area contributed by atoms with Gasteiger partial charge in [-0.25, -0.2) is 0 Å². The lowest BCUT2D eigenvalue weighted by Gasteiger charge is -2.41. The van der Waals surface area contributed by atoms with Gasteiger partial charge in [-0.3, -0.25) is 4.98 Å². The van der Waals surface area contributed by atoms with Gasteiger partial charge in [-0.05, 0) is 49.8 Å². The number of rotatable bonds is 3. The Morgan fingerprint density at radius 3 is 2.47 bits per heavy atom. The maximum absolute atomic E-state index is 4.10. The molecule has 0 spiro atoms. The van der Waals surface area contributed by atoms with E-state index < -0.39 is 0 Å². The molecule has 1 aliphatic carbocycles. The van der Waals surface area contributed by atoms with Gasteiger partial charge in [0.1, 0.15) is 0 Å². The molecule has 0 radical (unpaired) electrons. The summed E-state index contributed by atoms with van der Waals surface area (Å²) in [6.45, 7) is 7.14. The Balaban J connectivity index is 2.06. The molecule has 0 aromatic carbocycles. The van der Waals surface area contributed by atoms with E-state index in [1.54, 1.807) is 0 Å². The van der Waals surface area contributed by atoms with Crippen molar-refractivity contribution < 1.29 is 0 Å². The summed E-state index contributed by atoms with van der Waals surface area (Å²) in [7, 11) is 2.10. The molecule has 3 heteroatoms. The third-order valence-corrected chi connectivity index (χ3v) is 5.69. The van der Waals surface area contributed by atoms with Crippen LogP contribution in [0.3, 0.4) is 0 Å². The molecule has 0 saturated heterocycles. The lowest BCUT2D eigenvalue weighted by molar-refractivity contribution is 0.167. The van der Waals surface area contributed by atoms with Crippen molar-refractivity contribution in [1.29, 1.82) is 0 Å². The zero-order valence-corrected chi connectivity index (χ0v) is 13.3. The zero-order valence-electron chi connectivity index (χ0n) is 12.5. The molecular formula is C16H26N2S. The van der Waals surface area contributed by atoms with Gasteiger partial charge in [-0.1, -0.05) is 20.8 Å². The monoisotopic (exact) mass is 278 g/mol. The molecule has 0 bridgehead atoms. The first-order valence-electron chi connectivity index (χ1n) is 7.24. The molecule has 19 heavy (non-hydrogen) atoms. The zero-order chi connectivity index (χ0) is 13.9. The minimum atomic E-state index is 0.426. The summed E-state index contributed by atoms with van der Waals surface area (Å²) < 4.78 is 0. The van der Waals surface area contributed by atoms with Crippen LogP contribution in [0.5, 0.6) is 0 Å². The van der Waals surface area contributed by atoms with Gasteiger partial charge in [0.25, 0.3) is 0 Å². The van der Waals surface area contributed by atoms with E-state index in [9.17, 15) is 0 Å². The van der Waals surface area contributed by atoms with E-state index in [0.29, 0.717) is 16.7 Å². The Hall–Kier alpha value is -0.540. The lowest BCUT2D eigenvalue weighted by atomic mass is 9.71. The van der Waals surface area contributed by atoms with Crippen LogP contribution in [0.25, 0.3) is 0 Å². The molecule has 0 amide bonds. The molecule has 0 aliphatic heterocycles. The Morgan fingerprint density at radius 2 is 1.89 bits per heavy atom. The Morgan fingerprint density at radius 1 is 1.21 bits per heavy atom. The van der Waals surface area contributed by atoms with Crippen LogP contribution < -0.4 is 5.32 Å². The predicted molar refractivity (Wildman–Crippen MR) is 83.5 cm³/mol. The second-order valence-electron chi connectivity index (χ2n) is 6.61. The van der Waals surface area contributed by atoms with Crippen molar-refractivity contribution >= 4 is 11.8 Å². The molecule has 1 N–H and O–H groups in total. The number of pyridine rings is 1. The van der Waals surface area contributed by atoms with Gasteiger partial charge in [-0.2, -0.15) is 0 Å². The fourth-order valence-electron chi connectivity index (χ4n) is 2.97. The molecule has 1 aromatic rings. The van der Waals surface area contributed by atoms with Crippen LogP contribution in [0.1, 0.15) is 40.0 Å². The highest BCUT2D eigenvalue weighted by Crippen LogP contribution is 2.43. The second kappa shape index (κ2) is 6.27. The quantitative estimate of drug-likeness (QED) is 0.905. The van der Waals surface area contributed by atoms with Crippen LogP contribution in [0.4, 0.5) is 0 Å². The maximum atomic E-state index is 4.10. The molecule has 3 atom stereocenters. The van der Waals surface area contributed by atoms with Crippen molar-refractivity contribution in [2.75, 3.05) is 7.05 Å². The topological polar surface area (TPSA) is 24.9 Å². The smallest absolute Gasteiger partial charge is 0.0278 e. The molecule has 1 fully saturated rings. The second-order valence-corrected chi connectivity index (χ2v) is 7.92. The number of aromatic nitrogens is 1. The van der Waals surface area contributed by atoms with Crippen molar-refractivity contribution in [3.8, 4) is 0 Å². The summed E-state index contributed by atoms with van der Waals surface area (Å²) in [5.41, 5.74) is 0.426. The van der Waals surface area contributed by atoms with Gasteiger partial charge in [0.2, 0.25) is 0 Å². The summed E-state index contributed by atoms with van der Waals surface area (Å²) in [5, 5.41) is 4.18. The molecule has 1 aliphatic rings. The van der Waals surface area contributed by atoms with Crippen LogP contribution in [0.2, 0.25) is 0 Å². The molecular weight excluding hydrogens is 252 g/mol. The Labute approximate surface area is 121 Å². The number of thioether (sulfide) groups is 1. The van der Waals surface area contributed by atoms with Gasteiger partial charge in [-0.15, -0.1) is 11.8 Å². The van der Waals surface area contributed by atoms with E-state index in [-0.39, 0.29) is 0 Å². The molecule has 1 heterocycles. The predicted octanol–water partition coefficient (Wildman–Crippen LogP) is 3.98. The summed E-state index contributed by atoms with van der Waals surface area (Å²) in [6, 6.07) is 4.88. The first-order valence-corrected chi connectivity index (χ1v) is 8.12. The highest BCUT2D eigenvalue weighted by molar-refractivity contribution is 8.00. The number of nitrogens with zero attached hydrogens (tertiary/aromatic N) is 1. The minimum Gasteiger partial charge on any atom is -0.316 e. The molecule has 106 valence electrons. The number of nitrogens with one attached hydrogen (secondary N) is 1. The summed E-state index contributed by atoms with van der Waals surface area (Å²) in [6.07, 6.45) is 7.73. The fraction of sp³-hybridized carbons (Fsp3) is 0.688. The number of hydrogen-bond donors (Lipinski definition) is 1. The first kappa shape index (κ1) is 14.9. The van der Waals surface area contributed by atoms with E-state index in [1.807, 2.05) is 24.2 Å². The molecule has 3 unspecified atom stereocenters. The van der Waals surface area contributed by atoms with Gasteiger partial charge < -0.3 is 5.32 Å². The Bertz CT molecular complexity index is 385. The van der Waals surface area contributed by atoms with E-state index in [2.05, 4.69) is 50.3 Å². The normalized spacial score (nSPS) is 28.3. The molecule has 1 aromatic heterocycles. The summed E-state index contributed by atoms with van der Waals surface area (Å²) in [5.74, 6) is 0.830. The molecule has 1 saturated carbocycles. The van der Waals surface area contributed by atoms with E-state index >= 15 is 0 Å². The average Bonchev–Trinajstić information content (AvgIpc) is 2.39. The lowest BCUT2D eigenvalue weighted by Crippen LogP contribution is -2.43. The van der Waals surface area contributed by atoms with Crippen LogP contribution >= 0.6 is 11.8 Å². The van der Waals surface area contributed by atoms with Crippen molar-refractivity contribution in [3.05, 3.63) is 24.5 Å². The van der Waals surface area contributed by atoms with Gasteiger partial charge in [0.05, 0.1) is 0 Å². The summed E-state index contributed by atoms with van der Waals surface area (Å²) in [4.78, 5) is 5.45. The van der Waals surface area contributed by atoms with E-state index in [1.165, 1.54) is 24.2 Å². The number of hydrogen-bond acceptors (Lipinski definition) is 3. The minimum absolute atomic E-state index is 0.426. The van der Waals surface area contributed by atoms with Crippen molar-refractivity contribution in [2.24, 2.45) is 11.3 Å². The van der Waals surface area contributed by atoms with E-state index in [4.69, 9.17) is 0 Å². The largest absolute Gasteiger partial charge is 0.316 e. The molecule has 2 rings (SSSR count). The standard InChI is InChI=1S/C16H26N2S/c1-16(2,3)12-5-6-14(17-4)15(11-12)19-13-7-9-18-10-8-13/h7-10,12,14-15,17H,5-6,11H2,1-4H3. The van der Waals surface area contributed by atoms with E-state index in [0.717, 1.165) is 5.92 Å². The van der Waals surface area contributed by atoms with Crippen molar-refractivity contribution in [2.45, 2.75) is 56.2 Å². The van der Waals surface area contributed by atoms with Crippen LogP contribution in [0, 0.1) is 11.3 Å². The van der Waals surface area contributed by atoms with Crippen molar-refractivity contribution in [3.63, 3.8) is 0 Å². The van der Waals surface area contributed by atoms with Crippen LogP contribution in [-0.4, -0.2) is 23.3 Å². The van der Waals surface area contributed by atoms with Gasteiger partial charge in [0.15, 0.2) is 0 Å². The average molecular weight is 278 g/mol. The highest BCUT2D eigenvalue weighted by atomic mass is 32.2. The van der Waals surface area contributed by atoms with Crippen LogP contribution in [0.15, 0.2) is 29.4 Å². The van der Waals surface area contributed by atoms with Gasteiger partial charge >= 0.3 is 0 Å². The Kier molecular flexibility index (Phi) is 4.91. The van der Waals surface area contributed by atoms with Gasteiger partial charge in [0, 0.05) is 28.6 Å². The highest BCUT2D eigenvalue weighted by Gasteiger charge is 2.35. The summed E-state index contributed by atoms with van der Waals surface area (Å²) >= 11 is 2.01. The third kappa shape index (κ3) is 3.96. The fourth-order valence-corrected chi connectivity index (χ4v) is 4.36. The van der Waals surface area contributed by atoms with Crippen molar-refractivity contribution in [1.82, 2.24) is 10.3 Å². The first-order chi connectivity index (χ1) is 9.00. The maximum Gasteiger partial charge on any atom is 0.0278 e. The molecule has 2 nitrogen and oxygen atoms in total. The SMILES string of the molecule is CNC1CCC(C(C)(C)C)CC1Sc1ccncc1. The van der Waals surface area contributed by atoms with Crippen LogP contribution in [-0.2, 0) is 0 Å². The third-order valence-electron chi connectivity index (χ3n) is 4.32.